The molecule has 0 aliphatic heterocycles. The second-order valence-electron chi connectivity index (χ2n) is 6.38. The standard InChI is InChI=1S/C21H26O8/c1-3-27-19(23)21(25,20(24)28-4-2)18-16(22)11-8-12-17(18)29-14-26-13-15-9-6-5-7-10-15/h5-11,17-18,25H,3-4,12-14H2,1-2H3/t17-,18-/m1/s1. The molecule has 1 aliphatic carbocycles. The van der Waals surface area contributed by atoms with Crippen LogP contribution >= 0.6 is 0 Å². The molecule has 0 saturated heterocycles. The number of esters is 2. The highest BCUT2D eigenvalue weighted by Crippen LogP contribution is 2.32. The summed E-state index contributed by atoms with van der Waals surface area (Å²) in [5, 5.41) is 11.0. The van der Waals surface area contributed by atoms with Crippen molar-refractivity contribution in [1.82, 2.24) is 0 Å². The number of ether oxygens (including phenoxy) is 4. The second kappa shape index (κ2) is 10.8. The second-order valence-corrected chi connectivity index (χ2v) is 6.38. The van der Waals surface area contributed by atoms with Gasteiger partial charge in [-0.2, -0.15) is 0 Å². The van der Waals surface area contributed by atoms with E-state index in [1.54, 1.807) is 6.08 Å². The zero-order valence-electron chi connectivity index (χ0n) is 16.5. The quantitative estimate of drug-likeness (QED) is 0.270. The number of rotatable bonds is 10. The number of hydrogen-bond donors (Lipinski definition) is 1. The lowest BCUT2D eigenvalue weighted by Crippen LogP contribution is -2.61. The number of ketones is 1. The van der Waals surface area contributed by atoms with Crippen LogP contribution in [0.1, 0.15) is 25.8 Å². The van der Waals surface area contributed by atoms with Crippen LogP contribution in [0.5, 0.6) is 0 Å². The Balaban J connectivity index is 2.15. The van der Waals surface area contributed by atoms with Crippen LogP contribution in [0, 0.1) is 5.92 Å². The third kappa shape index (κ3) is 5.50. The van der Waals surface area contributed by atoms with Crippen LogP contribution in [0.25, 0.3) is 0 Å². The molecule has 0 heterocycles. The van der Waals surface area contributed by atoms with Crippen molar-refractivity contribution >= 4 is 17.7 Å². The van der Waals surface area contributed by atoms with E-state index in [0.29, 0.717) is 0 Å². The third-order valence-corrected chi connectivity index (χ3v) is 4.43. The number of allylic oxidation sites excluding steroid dienone is 1. The number of carbonyl (C=O) groups is 3. The van der Waals surface area contributed by atoms with Crippen LogP contribution in [0.4, 0.5) is 0 Å². The Morgan fingerprint density at radius 3 is 2.31 bits per heavy atom. The van der Waals surface area contributed by atoms with Crippen LogP contribution in [0.2, 0.25) is 0 Å². The summed E-state index contributed by atoms with van der Waals surface area (Å²) < 4.78 is 20.8. The van der Waals surface area contributed by atoms with Crippen molar-refractivity contribution in [3.63, 3.8) is 0 Å². The summed E-state index contributed by atoms with van der Waals surface area (Å²) >= 11 is 0. The van der Waals surface area contributed by atoms with Crippen molar-refractivity contribution in [1.29, 1.82) is 0 Å². The fourth-order valence-electron chi connectivity index (χ4n) is 3.07. The Bertz CT molecular complexity index is 709. The molecule has 0 amide bonds. The topological polar surface area (TPSA) is 108 Å². The molecule has 0 bridgehead atoms. The predicted octanol–water partition coefficient (Wildman–Crippen LogP) is 1.55. The van der Waals surface area contributed by atoms with Crippen LogP contribution in [-0.4, -0.2) is 54.5 Å². The lowest BCUT2D eigenvalue weighted by atomic mass is 9.76. The zero-order valence-corrected chi connectivity index (χ0v) is 16.5. The first-order chi connectivity index (χ1) is 13.9. The highest BCUT2D eigenvalue weighted by atomic mass is 16.7. The van der Waals surface area contributed by atoms with Crippen LogP contribution in [0.3, 0.4) is 0 Å². The van der Waals surface area contributed by atoms with E-state index in [4.69, 9.17) is 18.9 Å². The molecule has 0 radical (unpaired) electrons. The maximum absolute atomic E-state index is 12.5. The first-order valence-corrected chi connectivity index (χ1v) is 9.45. The fraction of sp³-hybridized carbons (Fsp3) is 0.476. The predicted molar refractivity (Wildman–Crippen MR) is 101 cm³/mol. The minimum Gasteiger partial charge on any atom is -0.463 e. The molecule has 0 spiro atoms. The van der Waals surface area contributed by atoms with E-state index in [2.05, 4.69) is 0 Å². The van der Waals surface area contributed by atoms with Crippen molar-refractivity contribution in [2.24, 2.45) is 5.92 Å². The Labute approximate surface area is 169 Å². The van der Waals surface area contributed by atoms with E-state index in [-0.39, 0.29) is 33.0 Å². The molecule has 29 heavy (non-hydrogen) atoms. The number of hydrogen-bond acceptors (Lipinski definition) is 8. The molecule has 158 valence electrons. The molecule has 2 rings (SSSR count). The van der Waals surface area contributed by atoms with E-state index in [1.165, 1.54) is 19.9 Å². The molecule has 0 saturated carbocycles. The summed E-state index contributed by atoms with van der Waals surface area (Å²) in [6.07, 6.45) is 1.99. The van der Waals surface area contributed by atoms with Crippen molar-refractivity contribution in [2.75, 3.05) is 20.0 Å². The van der Waals surface area contributed by atoms with Gasteiger partial charge in [-0.25, -0.2) is 9.59 Å². The molecule has 1 N–H and O–H groups in total. The Morgan fingerprint density at radius 2 is 1.72 bits per heavy atom. The Kier molecular flexibility index (Phi) is 8.50. The molecule has 0 fully saturated rings. The van der Waals surface area contributed by atoms with Gasteiger partial charge in [0.15, 0.2) is 5.78 Å². The van der Waals surface area contributed by atoms with Gasteiger partial charge in [0.2, 0.25) is 0 Å². The largest absolute Gasteiger partial charge is 0.463 e. The monoisotopic (exact) mass is 406 g/mol. The normalized spacial score (nSPS) is 19.1. The van der Waals surface area contributed by atoms with Gasteiger partial charge in [-0.05, 0) is 31.9 Å². The number of carbonyl (C=O) groups excluding carboxylic acids is 3. The highest BCUT2D eigenvalue weighted by Gasteiger charge is 2.59. The minimum atomic E-state index is -2.81. The summed E-state index contributed by atoms with van der Waals surface area (Å²) in [5.74, 6) is -4.63. The van der Waals surface area contributed by atoms with Gasteiger partial charge in [0.05, 0.1) is 31.8 Å². The van der Waals surface area contributed by atoms with Crippen molar-refractivity contribution in [3.05, 3.63) is 48.0 Å². The Hall–Kier alpha value is -2.55. The molecule has 0 unspecified atom stereocenters. The van der Waals surface area contributed by atoms with Crippen LogP contribution < -0.4 is 0 Å². The van der Waals surface area contributed by atoms with Crippen molar-refractivity contribution in [2.45, 2.75) is 38.6 Å². The summed E-state index contributed by atoms with van der Waals surface area (Å²) in [6, 6.07) is 9.40. The molecule has 0 aromatic heterocycles. The SMILES string of the molecule is CCOC(=O)C(O)(C(=O)OCC)[C@@H]1C(=O)C=CC[C@H]1OCOCc1ccccc1. The molecule has 1 aromatic carbocycles. The first-order valence-electron chi connectivity index (χ1n) is 9.45. The van der Waals surface area contributed by atoms with Crippen LogP contribution in [-0.2, 0) is 39.9 Å². The molecule has 1 aromatic rings. The van der Waals surface area contributed by atoms with Crippen LogP contribution in [0.15, 0.2) is 42.5 Å². The molecule has 8 nitrogen and oxygen atoms in total. The third-order valence-electron chi connectivity index (χ3n) is 4.43. The van der Waals surface area contributed by atoms with E-state index in [1.807, 2.05) is 30.3 Å². The smallest absolute Gasteiger partial charge is 0.350 e. The van der Waals surface area contributed by atoms with Gasteiger partial charge >= 0.3 is 11.9 Å². The van der Waals surface area contributed by atoms with E-state index in [9.17, 15) is 19.5 Å². The minimum absolute atomic E-state index is 0.0803. The molecule has 1 aliphatic rings. The zero-order chi connectivity index (χ0) is 21.3. The van der Waals surface area contributed by atoms with Gasteiger partial charge in [-0.1, -0.05) is 36.4 Å². The maximum Gasteiger partial charge on any atom is 0.350 e. The molecular formula is C21H26O8. The lowest BCUT2D eigenvalue weighted by Gasteiger charge is -2.36. The molecular weight excluding hydrogens is 380 g/mol. The molecule has 8 heteroatoms. The van der Waals surface area contributed by atoms with Gasteiger partial charge in [0.1, 0.15) is 6.79 Å². The summed E-state index contributed by atoms with van der Waals surface area (Å²) in [4.78, 5) is 37.4. The van der Waals surface area contributed by atoms with Gasteiger partial charge in [0.25, 0.3) is 5.60 Å². The van der Waals surface area contributed by atoms with E-state index >= 15 is 0 Å². The van der Waals surface area contributed by atoms with Crippen molar-refractivity contribution < 1.29 is 38.4 Å². The van der Waals surface area contributed by atoms with Gasteiger partial charge < -0.3 is 24.1 Å². The number of aliphatic hydroxyl groups is 1. The maximum atomic E-state index is 12.5. The Morgan fingerprint density at radius 1 is 1.10 bits per heavy atom. The highest BCUT2D eigenvalue weighted by molar-refractivity contribution is 6.10. The average molecular weight is 406 g/mol. The van der Waals surface area contributed by atoms with Gasteiger partial charge in [-0.3, -0.25) is 4.79 Å². The molecule has 2 atom stereocenters. The fourth-order valence-corrected chi connectivity index (χ4v) is 3.07. The average Bonchev–Trinajstić information content (AvgIpc) is 2.72. The summed E-state index contributed by atoms with van der Waals surface area (Å²) in [6.45, 7) is 2.97. The van der Waals surface area contributed by atoms with Gasteiger partial charge in [-0.15, -0.1) is 0 Å². The van der Waals surface area contributed by atoms with Crippen molar-refractivity contribution in [3.8, 4) is 0 Å². The lowest BCUT2D eigenvalue weighted by molar-refractivity contribution is -0.203. The summed E-state index contributed by atoms with van der Waals surface area (Å²) in [5.41, 5.74) is -1.88. The van der Waals surface area contributed by atoms with E-state index in [0.717, 1.165) is 5.56 Å². The summed E-state index contributed by atoms with van der Waals surface area (Å²) in [7, 11) is 0. The number of benzene rings is 1. The first kappa shape index (κ1) is 22.7. The van der Waals surface area contributed by atoms with E-state index < -0.39 is 35.3 Å². The van der Waals surface area contributed by atoms with Gasteiger partial charge in [0, 0.05) is 0 Å².